The van der Waals surface area contributed by atoms with E-state index in [0.29, 0.717) is 23.0 Å². The zero-order valence-electron chi connectivity index (χ0n) is 11.2. The van der Waals surface area contributed by atoms with E-state index in [0.717, 1.165) is 10.9 Å². The number of benzene rings is 2. The van der Waals surface area contributed by atoms with E-state index in [1.54, 1.807) is 12.1 Å². The Hall–Kier alpha value is -2.10. The molecular weight excluding hydrogens is 288 g/mol. The highest BCUT2D eigenvalue weighted by molar-refractivity contribution is 6.31. The summed E-state index contributed by atoms with van der Waals surface area (Å²) in [5.74, 6) is 0.133. The number of carbonyl (C=O) groups excluding carboxylic acids is 1. The van der Waals surface area contributed by atoms with E-state index in [-0.39, 0.29) is 12.4 Å². The number of para-hydroxylation sites is 1. The zero-order chi connectivity index (χ0) is 14.7. The molecule has 3 rings (SSSR count). The van der Waals surface area contributed by atoms with Gasteiger partial charge in [-0.15, -0.1) is 0 Å². The molecule has 1 heterocycles. The first-order chi connectivity index (χ1) is 10.2. The maximum Gasteiger partial charge on any atom is 0.223 e. The van der Waals surface area contributed by atoms with Gasteiger partial charge in [0.1, 0.15) is 12.2 Å². The van der Waals surface area contributed by atoms with Gasteiger partial charge in [-0.2, -0.15) is 0 Å². The number of hydrogen-bond acceptors (Lipinski definition) is 3. The molecule has 3 aromatic rings. The van der Waals surface area contributed by atoms with Crippen molar-refractivity contribution in [2.24, 2.45) is 0 Å². The maximum atomic E-state index is 12.0. The highest BCUT2D eigenvalue weighted by Gasteiger charge is 2.12. The predicted octanol–water partition coefficient (Wildman–Crippen LogP) is 4.49. The van der Waals surface area contributed by atoms with Crippen molar-refractivity contribution in [3.8, 4) is 0 Å². The molecule has 0 radical (unpaired) electrons. The molecule has 0 N–H and O–H groups in total. The van der Waals surface area contributed by atoms with E-state index >= 15 is 0 Å². The zero-order valence-corrected chi connectivity index (χ0v) is 12.0. The fourth-order valence-electron chi connectivity index (χ4n) is 2.06. The minimum absolute atomic E-state index is 0.0367. The smallest absolute Gasteiger partial charge is 0.223 e. The molecule has 2 aromatic carbocycles. The van der Waals surface area contributed by atoms with Gasteiger partial charge in [-0.1, -0.05) is 48.0 Å². The Morgan fingerprint density at radius 2 is 1.86 bits per heavy atom. The number of halogens is 1. The summed E-state index contributed by atoms with van der Waals surface area (Å²) in [6.07, 6.45) is 0. The average molecular weight is 301 g/mol. The fourth-order valence-corrected chi connectivity index (χ4v) is 2.25. The summed E-state index contributed by atoms with van der Waals surface area (Å²) in [5, 5.41) is 1.54. The standard InChI is InChI=1S/C17H13ClO3/c18-14-7-3-1-6-13(14)10-20-11-15(19)17-9-12-5-2-4-8-16(12)21-17/h1-9H,10-11H2. The first kappa shape index (κ1) is 13.9. The third-order valence-electron chi connectivity index (χ3n) is 3.15. The molecule has 1 aromatic heterocycles. The Morgan fingerprint density at radius 3 is 2.67 bits per heavy atom. The number of ketones is 1. The lowest BCUT2D eigenvalue weighted by Crippen LogP contribution is -2.08. The third kappa shape index (κ3) is 3.15. The van der Waals surface area contributed by atoms with Gasteiger partial charge in [0.15, 0.2) is 5.76 Å². The highest BCUT2D eigenvalue weighted by Crippen LogP contribution is 2.20. The molecule has 0 spiro atoms. The molecule has 106 valence electrons. The van der Waals surface area contributed by atoms with Crippen LogP contribution in [-0.2, 0) is 11.3 Å². The lowest BCUT2D eigenvalue weighted by Gasteiger charge is -2.04. The summed E-state index contributed by atoms with van der Waals surface area (Å²) >= 11 is 6.03. The summed E-state index contributed by atoms with van der Waals surface area (Å²) in [4.78, 5) is 12.0. The van der Waals surface area contributed by atoms with Gasteiger partial charge in [0, 0.05) is 10.4 Å². The van der Waals surface area contributed by atoms with E-state index in [9.17, 15) is 4.79 Å². The van der Waals surface area contributed by atoms with Gasteiger partial charge < -0.3 is 9.15 Å². The van der Waals surface area contributed by atoms with Crippen molar-refractivity contribution in [3.63, 3.8) is 0 Å². The van der Waals surface area contributed by atoms with Gasteiger partial charge in [-0.3, -0.25) is 4.79 Å². The number of hydrogen-bond donors (Lipinski definition) is 0. The van der Waals surface area contributed by atoms with Crippen molar-refractivity contribution in [1.82, 2.24) is 0 Å². The van der Waals surface area contributed by atoms with Crippen LogP contribution in [0.25, 0.3) is 11.0 Å². The normalized spacial score (nSPS) is 10.9. The second-order valence-corrected chi connectivity index (χ2v) is 5.06. The van der Waals surface area contributed by atoms with Crippen molar-refractivity contribution < 1.29 is 13.9 Å². The molecule has 0 unspecified atom stereocenters. The molecule has 0 saturated heterocycles. The van der Waals surface area contributed by atoms with Crippen LogP contribution in [0, 0.1) is 0 Å². The van der Waals surface area contributed by atoms with E-state index in [1.807, 2.05) is 42.5 Å². The van der Waals surface area contributed by atoms with Crippen LogP contribution in [0.1, 0.15) is 16.1 Å². The monoisotopic (exact) mass is 300 g/mol. The van der Waals surface area contributed by atoms with Crippen molar-refractivity contribution in [2.75, 3.05) is 6.61 Å². The Kier molecular flexibility index (Phi) is 4.04. The van der Waals surface area contributed by atoms with Gasteiger partial charge in [0.25, 0.3) is 0 Å². The molecular formula is C17H13ClO3. The molecule has 0 atom stereocenters. The van der Waals surface area contributed by atoms with Crippen molar-refractivity contribution >= 4 is 28.4 Å². The Bertz CT molecular complexity index is 743. The van der Waals surface area contributed by atoms with E-state index in [1.165, 1.54) is 0 Å². The lowest BCUT2D eigenvalue weighted by molar-refractivity contribution is 0.0702. The van der Waals surface area contributed by atoms with Gasteiger partial charge in [0.2, 0.25) is 5.78 Å². The number of Topliss-reactive ketones (excluding diaryl/α,β-unsaturated/α-hetero) is 1. The molecule has 0 amide bonds. The predicted molar refractivity (Wildman–Crippen MR) is 81.7 cm³/mol. The van der Waals surface area contributed by atoms with Crippen LogP contribution >= 0.6 is 11.6 Å². The summed E-state index contributed by atoms with van der Waals surface area (Å²) in [7, 11) is 0. The molecule has 21 heavy (non-hydrogen) atoms. The largest absolute Gasteiger partial charge is 0.453 e. The minimum Gasteiger partial charge on any atom is -0.453 e. The number of ether oxygens (including phenoxy) is 1. The van der Waals surface area contributed by atoms with Crippen LogP contribution in [-0.4, -0.2) is 12.4 Å². The van der Waals surface area contributed by atoms with Gasteiger partial charge in [0.05, 0.1) is 6.61 Å². The molecule has 4 heteroatoms. The van der Waals surface area contributed by atoms with Crippen LogP contribution in [0.3, 0.4) is 0 Å². The van der Waals surface area contributed by atoms with Crippen LogP contribution in [0.15, 0.2) is 59.0 Å². The Labute approximate surface area is 127 Å². The molecule has 0 saturated carbocycles. The first-order valence-corrected chi connectivity index (χ1v) is 6.95. The van der Waals surface area contributed by atoms with Crippen LogP contribution in [0.4, 0.5) is 0 Å². The number of fused-ring (bicyclic) bond motifs is 1. The summed E-state index contributed by atoms with van der Waals surface area (Å²) in [6, 6.07) is 16.6. The van der Waals surface area contributed by atoms with E-state index < -0.39 is 0 Å². The first-order valence-electron chi connectivity index (χ1n) is 6.57. The van der Waals surface area contributed by atoms with Crippen LogP contribution in [0.5, 0.6) is 0 Å². The topological polar surface area (TPSA) is 39.4 Å². The summed E-state index contributed by atoms with van der Waals surface area (Å²) in [5.41, 5.74) is 1.56. The summed E-state index contributed by atoms with van der Waals surface area (Å²) < 4.78 is 10.9. The summed E-state index contributed by atoms with van der Waals surface area (Å²) in [6.45, 7) is 0.261. The quantitative estimate of drug-likeness (QED) is 0.652. The van der Waals surface area contributed by atoms with Crippen molar-refractivity contribution in [1.29, 1.82) is 0 Å². The molecule has 3 nitrogen and oxygen atoms in total. The van der Waals surface area contributed by atoms with Crippen LogP contribution in [0.2, 0.25) is 5.02 Å². The second-order valence-electron chi connectivity index (χ2n) is 4.66. The minimum atomic E-state index is -0.182. The third-order valence-corrected chi connectivity index (χ3v) is 3.52. The van der Waals surface area contributed by atoms with Crippen molar-refractivity contribution in [2.45, 2.75) is 6.61 Å². The number of furan rings is 1. The Balaban J connectivity index is 1.63. The molecule has 0 aliphatic heterocycles. The van der Waals surface area contributed by atoms with Gasteiger partial charge in [-0.25, -0.2) is 0 Å². The average Bonchev–Trinajstić information content (AvgIpc) is 2.93. The van der Waals surface area contributed by atoms with Gasteiger partial charge in [-0.05, 0) is 23.8 Å². The molecule has 0 aliphatic carbocycles. The highest BCUT2D eigenvalue weighted by atomic mass is 35.5. The number of carbonyl (C=O) groups is 1. The fraction of sp³-hybridized carbons (Fsp3) is 0.118. The number of rotatable bonds is 5. The van der Waals surface area contributed by atoms with Crippen LogP contribution < -0.4 is 0 Å². The molecule has 0 bridgehead atoms. The second kappa shape index (κ2) is 6.12. The molecule has 0 fully saturated rings. The van der Waals surface area contributed by atoms with Gasteiger partial charge >= 0.3 is 0 Å². The maximum absolute atomic E-state index is 12.0. The van der Waals surface area contributed by atoms with Crippen molar-refractivity contribution in [3.05, 3.63) is 70.9 Å². The Morgan fingerprint density at radius 1 is 1.10 bits per heavy atom. The molecule has 0 aliphatic rings. The van der Waals surface area contributed by atoms with E-state index in [2.05, 4.69) is 0 Å². The van der Waals surface area contributed by atoms with E-state index in [4.69, 9.17) is 20.8 Å². The SMILES string of the molecule is O=C(COCc1ccccc1Cl)c1cc2ccccc2o1. The lowest BCUT2D eigenvalue weighted by atomic mass is 10.2.